The van der Waals surface area contributed by atoms with Gasteiger partial charge in [-0.3, -0.25) is 0 Å². The molecule has 0 fully saturated rings. The molecular formula is C26H21FO5. The lowest BCUT2D eigenvalue weighted by molar-refractivity contribution is -0.133. The Morgan fingerprint density at radius 3 is 2.16 bits per heavy atom. The number of carbonyl (C=O) groups excluding carboxylic acids is 2. The third-order valence-electron chi connectivity index (χ3n) is 4.41. The number of hydrogen-bond donors (Lipinski definition) is 0. The highest BCUT2D eigenvalue weighted by Crippen LogP contribution is 2.30. The molecule has 3 aromatic rings. The zero-order valence-corrected chi connectivity index (χ0v) is 17.7. The number of hydrogen-bond acceptors (Lipinski definition) is 5. The predicted octanol–water partition coefficient (Wildman–Crippen LogP) is 6.10. The normalized spacial score (nSPS) is 10.7. The van der Waals surface area contributed by atoms with Crippen molar-refractivity contribution in [1.29, 1.82) is 0 Å². The minimum Gasteiger partial charge on any atom is -0.462 e. The van der Waals surface area contributed by atoms with Crippen molar-refractivity contribution in [2.75, 3.05) is 0 Å². The summed E-state index contributed by atoms with van der Waals surface area (Å²) in [5.41, 5.74) is 1.57. The van der Waals surface area contributed by atoms with Crippen LogP contribution in [0.1, 0.15) is 13.8 Å². The van der Waals surface area contributed by atoms with Crippen LogP contribution in [0.25, 0.3) is 21.9 Å². The second-order valence-corrected chi connectivity index (χ2v) is 7.11. The van der Waals surface area contributed by atoms with Gasteiger partial charge in [0.25, 0.3) is 0 Å². The number of benzene rings is 3. The van der Waals surface area contributed by atoms with E-state index in [1.807, 2.05) is 18.2 Å². The van der Waals surface area contributed by atoms with E-state index in [1.54, 1.807) is 31.2 Å². The van der Waals surface area contributed by atoms with Crippen molar-refractivity contribution in [2.24, 2.45) is 0 Å². The molecule has 0 bridgehead atoms. The van der Waals surface area contributed by atoms with Gasteiger partial charge in [-0.05, 0) is 60.5 Å². The average molecular weight is 432 g/mol. The number of halogens is 1. The van der Waals surface area contributed by atoms with E-state index in [0.717, 1.165) is 17.0 Å². The maximum Gasteiger partial charge on any atom is 0.338 e. The molecule has 0 radical (unpaired) electrons. The van der Waals surface area contributed by atoms with E-state index in [4.69, 9.17) is 14.2 Å². The van der Waals surface area contributed by atoms with Crippen LogP contribution in [0, 0.1) is 5.82 Å². The van der Waals surface area contributed by atoms with Crippen molar-refractivity contribution in [3.05, 3.63) is 97.2 Å². The van der Waals surface area contributed by atoms with Crippen LogP contribution in [-0.4, -0.2) is 11.9 Å². The third kappa shape index (κ3) is 5.49. The Morgan fingerprint density at radius 1 is 0.812 bits per heavy atom. The molecule has 0 spiro atoms. The lowest BCUT2D eigenvalue weighted by Gasteiger charge is -2.09. The van der Waals surface area contributed by atoms with Crippen LogP contribution in [0.2, 0.25) is 0 Å². The largest absolute Gasteiger partial charge is 0.462 e. The van der Waals surface area contributed by atoms with Crippen LogP contribution >= 0.6 is 0 Å². The summed E-state index contributed by atoms with van der Waals surface area (Å²) in [6, 6.07) is 15.1. The maximum absolute atomic E-state index is 14.6. The quantitative estimate of drug-likeness (QED) is 0.195. The molecule has 0 saturated carbocycles. The number of carbonyl (C=O) groups is 2. The van der Waals surface area contributed by atoms with Crippen LogP contribution in [0.5, 0.6) is 11.5 Å². The molecule has 0 aliphatic heterocycles. The molecule has 3 rings (SSSR count). The summed E-state index contributed by atoms with van der Waals surface area (Å²) in [5.74, 6) is -0.993. The molecule has 0 heterocycles. The number of rotatable bonds is 7. The van der Waals surface area contributed by atoms with Gasteiger partial charge in [0.15, 0.2) is 0 Å². The van der Waals surface area contributed by atoms with Gasteiger partial charge in [-0.25, -0.2) is 14.0 Å². The topological polar surface area (TPSA) is 61.8 Å². The summed E-state index contributed by atoms with van der Waals surface area (Å²) < 4.78 is 30.0. The van der Waals surface area contributed by atoms with E-state index in [0.29, 0.717) is 16.9 Å². The molecule has 6 heteroatoms. The Bertz CT molecular complexity index is 1260. The zero-order chi connectivity index (χ0) is 23.3. The highest BCUT2D eigenvalue weighted by Gasteiger charge is 2.11. The lowest BCUT2D eigenvalue weighted by Crippen LogP contribution is -2.08. The van der Waals surface area contributed by atoms with Gasteiger partial charge in [-0.1, -0.05) is 31.4 Å². The molecule has 0 unspecified atom stereocenters. The molecule has 5 nitrogen and oxygen atoms in total. The van der Waals surface area contributed by atoms with E-state index in [2.05, 4.69) is 13.2 Å². The SMILES string of the molecule is C=C(C)C(=O)OC=COc1ccc2cc(-c3ccc(OC(=O)C(=C)C)cc3F)ccc2c1. The maximum atomic E-state index is 14.6. The summed E-state index contributed by atoms with van der Waals surface area (Å²) in [7, 11) is 0. The summed E-state index contributed by atoms with van der Waals surface area (Å²) >= 11 is 0. The van der Waals surface area contributed by atoms with Crippen molar-refractivity contribution < 1.29 is 28.2 Å². The van der Waals surface area contributed by atoms with Gasteiger partial charge in [0.1, 0.15) is 29.8 Å². The third-order valence-corrected chi connectivity index (χ3v) is 4.41. The van der Waals surface area contributed by atoms with Crippen molar-refractivity contribution in [1.82, 2.24) is 0 Å². The Hall–Kier alpha value is -4.19. The van der Waals surface area contributed by atoms with Gasteiger partial charge in [0, 0.05) is 22.8 Å². The van der Waals surface area contributed by atoms with Gasteiger partial charge in [0.05, 0.1) is 0 Å². The molecule has 0 atom stereocenters. The van der Waals surface area contributed by atoms with Crippen LogP contribution in [-0.2, 0) is 14.3 Å². The van der Waals surface area contributed by atoms with Crippen molar-refractivity contribution in [2.45, 2.75) is 13.8 Å². The minimum absolute atomic E-state index is 0.115. The Balaban J connectivity index is 1.76. The smallest absolute Gasteiger partial charge is 0.338 e. The molecule has 0 aliphatic carbocycles. The van der Waals surface area contributed by atoms with Gasteiger partial charge in [-0.15, -0.1) is 0 Å². The molecule has 0 aromatic heterocycles. The van der Waals surface area contributed by atoms with Crippen molar-refractivity contribution >= 4 is 22.7 Å². The molecule has 0 N–H and O–H groups in total. The second-order valence-electron chi connectivity index (χ2n) is 7.11. The molecule has 162 valence electrons. The number of fused-ring (bicyclic) bond motifs is 1. The molecular weight excluding hydrogens is 411 g/mol. The Kier molecular flexibility index (Phi) is 6.85. The van der Waals surface area contributed by atoms with E-state index in [9.17, 15) is 14.0 Å². The van der Waals surface area contributed by atoms with Gasteiger partial charge < -0.3 is 14.2 Å². The molecule has 0 saturated heterocycles. The van der Waals surface area contributed by atoms with E-state index in [1.165, 1.54) is 25.3 Å². The van der Waals surface area contributed by atoms with Crippen molar-refractivity contribution in [3.63, 3.8) is 0 Å². The molecule has 3 aromatic carbocycles. The first-order chi connectivity index (χ1) is 15.2. The first-order valence-electron chi connectivity index (χ1n) is 9.64. The lowest BCUT2D eigenvalue weighted by atomic mass is 10.0. The number of ether oxygens (including phenoxy) is 3. The summed E-state index contributed by atoms with van der Waals surface area (Å²) in [6.07, 6.45) is 2.40. The summed E-state index contributed by atoms with van der Waals surface area (Å²) in [6.45, 7) is 10.1. The Labute approximate surface area is 185 Å². The van der Waals surface area contributed by atoms with Crippen LogP contribution in [0.3, 0.4) is 0 Å². The molecule has 32 heavy (non-hydrogen) atoms. The fourth-order valence-electron chi connectivity index (χ4n) is 2.75. The fraction of sp³-hybridized carbons (Fsp3) is 0.0769. The van der Waals surface area contributed by atoms with E-state index < -0.39 is 17.8 Å². The minimum atomic E-state index is -0.607. The first kappa shape index (κ1) is 22.5. The first-order valence-corrected chi connectivity index (χ1v) is 9.64. The Morgan fingerprint density at radius 2 is 1.47 bits per heavy atom. The van der Waals surface area contributed by atoms with E-state index >= 15 is 0 Å². The van der Waals surface area contributed by atoms with Gasteiger partial charge in [-0.2, -0.15) is 0 Å². The molecule has 0 aliphatic rings. The van der Waals surface area contributed by atoms with Gasteiger partial charge >= 0.3 is 11.9 Å². The average Bonchev–Trinajstić information content (AvgIpc) is 2.76. The van der Waals surface area contributed by atoms with Crippen LogP contribution < -0.4 is 9.47 Å². The second kappa shape index (κ2) is 9.75. The zero-order valence-electron chi connectivity index (χ0n) is 17.7. The standard InChI is InChI=1S/C26H21FO5/c1-16(2)25(28)31-12-11-30-21-8-7-18-13-20(6-5-19(18)14-21)23-10-9-22(15-24(23)27)32-26(29)17(3)4/h5-15H,1,3H2,2,4H3. The monoisotopic (exact) mass is 432 g/mol. The fourth-order valence-corrected chi connectivity index (χ4v) is 2.75. The number of esters is 2. The van der Waals surface area contributed by atoms with Crippen molar-refractivity contribution in [3.8, 4) is 22.6 Å². The highest BCUT2D eigenvalue weighted by molar-refractivity contribution is 5.90. The van der Waals surface area contributed by atoms with Crippen LogP contribution in [0.4, 0.5) is 4.39 Å². The summed E-state index contributed by atoms with van der Waals surface area (Å²) in [5, 5.41) is 1.76. The summed E-state index contributed by atoms with van der Waals surface area (Å²) in [4.78, 5) is 22.9. The highest BCUT2D eigenvalue weighted by atomic mass is 19.1. The van der Waals surface area contributed by atoms with E-state index in [-0.39, 0.29) is 16.9 Å². The van der Waals surface area contributed by atoms with Gasteiger partial charge in [0.2, 0.25) is 0 Å². The van der Waals surface area contributed by atoms with Crippen LogP contribution in [0.15, 0.2) is 91.4 Å². The molecule has 0 amide bonds. The predicted molar refractivity (Wildman–Crippen MR) is 120 cm³/mol.